The number of hydrogen-bond acceptors (Lipinski definition) is 3. The van der Waals surface area contributed by atoms with E-state index in [2.05, 4.69) is 24.1 Å². The molecule has 22 heavy (non-hydrogen) atoms. The predicted octanol–water partition coefficient (Wildman–Crippen LogP) is 2.19. The Hall–Kier alpha value is -1.60. The molecule has 0 bridgehead atoms. The van der Waals surface area contributed by atoms with E-state index in [1.54, 1.807) is 0 Å². The Morgan fingerprint density at radius 3 is 2.45 bits per heavy atom. The van der Waals surface area contributed by atoms with Gasteiger partial charge in [0.25, 0.3) is 5.91 Å². The van der Waals surface area contributed by atoms with Crippen LogP contribution in [0.15, 0.2) is 12.1 Å². The van der Waals surface area contributed by atoms with Crippen LogP contribution < -0.4 is 5.32 Å². The molecule has 0 fully saturated rings. The zero-order valence-electron chi connectivity index (χ0n) is 12.8. The molecule has 0 aliphatic rings. The number of carbonyl (C=O) groups excluding carboxylic acids is 1. The van der Waals surface area contributed by atoms with Crippen molar-refractivity contribution >= 4 is 5.91 Å². The first-order valence-electron chi connectivity index (χ1n) is 7.23. The molecule has 4 nitrogen and oxygen atoms in total. The van der Waals surface area contributed by atoms with Crippen molar-refractivity contribution < 1.29 is 22.7 Å². The maximum Gasteiger partial charge on any atom is 0.254 e. The number of nitrogens with one attached hydrogen (secondary N) is 1. The molecule has 124 valence electrons. The van der Waals surface area contributed by atoms with Gasteiger partial charge in [-0.1, -0.05) is 13.8 Å². The summed E-state index contributed by atoms with van der Waals surface area (Å²) in [7, 11) is 0. The van der Waals surface area contributed by atoms with Gasteiger partial charge < -0.3 is 15.0 Å². The molecule has 0 radical (unpaired) electrons. The van der Waals surface area contributed by atoms with Crippen LogP contribution in [-0.2, 0) is 4.74 Å². The van der Waals surface area contributed by atoms with Gasteiger partial charge in [-0.25, -0.2) is 13.2 Å². The molecular weight excluding hydrogens is 297 g/mol. The third kappa shape index (κ3) is 5.31. The fourth-order valence-electron chi connectivity index (χ4n) is 1.87. The average Bonchev–Trinajstić information content (AvgIpc) is 2.52. The maximum atomic E-state index is 13.4. The molecule has 0 saturated carbocycles. The molecular formula is C15H21F3N2O2. The summed E-state index contributed by atoms with van der Waals surface area (Å²) in [5.74, 6) is -5.26. The Kier molecular flexibility index (Phi) is 7.90. The molecule has 0 aliphatic heterocycles. The van der Waals surface area contributed by atoms with E-state index in [0.717, 1.165) is 25.7 Å². The van der Waals surface area contributed by atoms with E-state index in [0.29, 0.717) is 12.7 Å². The smallest absolute Gasteiger partial charge is 0.254 e. The molecule has 1 aromatic carbocycles. The van der Waals surface area contributed by atoms with Crippen LogP contribution in [0, 0.1) is 17.5 Å². The molecule has 1 amide bonds. The Morgan fingerprint density at radius 1 is 1.14 bits per heavy atom. The van der Waals surface area contributed by atoms with Crippen LogP contribution in [0.25, 0.3) is 0 Å². The van der Waals surface area contributed by atoms with Gasteiger partial charge in [0.2, 0.25) is 0 Å². The third-order valence-corrected chi connectivity index (χ3v) is 3.26. The minimum atomic E-state index is -1.65. The summed E-state index contributed by atoms with van der Waals surface area (Å²) in [6, 6.07) is 1.62. The molecule has 0 unspecified atom stereocenters. The van der Waals surface area contributed by atoms with Crippen LogP contribution >= 0.6 is 0 Å². The monoisotopic (exact) mass is 318 g/mol. The standard InChI is InChI=1S/C15H21F3N2O2/c1-3-20(4-2)8-10-22-9-7-19-15(21)11-5-6-12(16)14(18)13(11)17/h5-6H,3-4,7-10H2,1-2H3,(H,19,21). The Balaban J connectivity index is 2.31. The molecule has 0 aliphatic carbocycles. The van der Waals surface area contributed by atoms with Gasteiger partial charge >= 0.3 is 0 Å². The fraction of sp³-hybridized carbons (Fsp3) is 0.533. The molecule has 1 aromatic rings. The number of halogens is 3. The average molecular weight is 318 g/mol. The third-order valence-electron chi connectivity index (χ3n) is 3.26. The lowest BCUT2D eigenvalue weighted by molar-refractivity contribution is 0.0880. The van der Waals surface area contributed by atoms with Crippen LogP contribution in [0.3, 0.4) is 0 Å². The minimum absolute atomic E-state index is 0.162. The van der Waals surface area contributed by atoms with Crippen molar-refractivity contribution in [1.29, 1.82) is 0 Å². The van der Waals surface area contributed by atoms with Gasteiger partial charge in [0.1, 0.15) is 0 Å². The SMILES string of the molecule is CCN(CC)CCOCCNC(=O)c1ccc(F)c(F)c1F. The summed E-state index contributed by atoms with van der Waals surface area (Å²) in [6.45, 7) is 7.72. The van der Waals surface area contributed by atoms with Crippen molar-refractivity contribution in [3.63, 3.8) is 0 Å². The lowest BCUT2D eigenvalue weighted by Gasteiger charge is -2.17. The van der Waals surface area contributed by atoms with Crippen LogP contribution in [-0.4, -0.2) is 50.2 Å². The summed E-state index contributed by atoms with van der Waals surface area (Å²) in [4.78, 5) is 13.8. The first-order valence-corrected chi connectivity index (χ1v) is 7.23. The van der Waals surface area contributed by atoms with Gasteiger partial charge in [-0.3, -0.25) is 4.79 Å². The molecule has 1 rings (SSSR count). The molecule has 0 saturated heterocycles. The summed E-state index contributed by atoms with van der Waals surface area (Å²) in [5.41, 5.74) is -0.526. The first kappa shape index (κ1) is 18.4. The van der Waals surface area contributed by atoms with Crippen LogP contribution in [0.1, 0.15) is 24.2 Å². The molecule has 7 heteroatoms. The van der Waals surface area contributed by atoms with Crippen molar-refractivity contribution in [2.75, 3.05) is 39.4 Å². The van der Waals surface area contributed by atoms with E-state index in [1.807, 2.05) is 0 Å². The Morgan fingerprint density at radius 2 is 1.82 bits per heavy atom. The van der Waals surface area contributed by atoms with Gasteiger partial charge in [-0.2, -0.15) is 0 Å². The van der Waals surface area contributed by atoms with Crippen LogP contribution in [0.2, 0.25) is 0 Å². The number of amides is 1. The molecule has 0 heterocycles. The Labute approximate surface area is 128 Å². The van der Waals surface area contributed by atoms with E-state index in [1.165, 1.54) is 0 Å². The minimum Gasteiger partial charge on any atom is -0.378 e. The molecule has 0 atom stereocenters. The number of carbonyl (C=O) groups is 1. The van der Waals surface area contributed by atoms with Gasteiger partial charge in [0.15, 0.2) is 17.5 Å². The van der Waals surface area contributed by atoms with E-state index < -0.39 is 28.9 Å². The van der Waals surface area contributed by atoms with E-state index in [9.17, 15) is 18.0 Å². The van der Waals surface area contributed by atoms with Crippen molar-refractivity contribution in [1.82, 2.24) is 10.2 Å². The van der Waals surface area contributed by atoms with Gasteiger partial charge in [0.05, 0.1) is 18.8 Å². The summed E-state index contributed by atoms with van der Waals surface area (Å²) in [5, 5.41) is 2.40. The van der Waals surface area contributed by atoms with E-state index in [-0.39, 0.29) is 13.2 Å². The summed E-state index contributed by atoms with van der Waals surface area (Å²) >= 11 is 0. The number of likely N-dealkylation sites (N-methyl/N-ethyl adjacent to an activating group) is 1. The van der Waals surface area contributed by atoms with Crippen molar-refractivity contribution in [3.8, 4) is 0 Å². The van der Waals surface area contributed by atoms with E-state index >= 15 is 0 Å². The second kappa shape index (κ2) is 9.42. The summed E-state index contributed by atoms with van der Waals surface area (Å²) < 4.78 is 44.5. The fourth-order valence-corrected chi connectivity index (χ4v) is 1.87. The van der Waals surface area contributed by atoms with Crippen LogP contribution in [0.5, 0.6) is 0 Å². The maximum absolute atomic E-state index is 13.4. The van der Waals surface area contributed by atoms with Gasteiger partial charge in [-0.15, -0.1) is 0 Å². The normalized spacial score (nSPS) is 11.0. The van der Waals surface area contributed by atoms with E-state index in [4.69, 9.17) is 4.74 Å². The predicted molar refractivity (Wildman–Crippen MR) is 77.3 cm³/mol. The Bertz CT molecular complexity index is 494. The van der Waals surface area contributed by atoms with Crippen molar-refractivity contribution in [2.45, 2.75) is 13.8 Å². The second-order valence-electron chi connectivity index (χ2n) is 4.62. The second-order valence-corrected chi connectivity index (χ2v) is 4.62. The molecule has 1 N–H and O–H groups in total. The highest BCUT2D eigenvalue weighted by atomic mass is 19.2. The number of hydrogen-bond donors (Lipinski definition) is 1. The zero-order chi connectivity index (χ0) is 16.5. The molecule has 0 spiro atoms. The first-order chi connectivity index (χ1) is 10.5. The number of nitrogens with zero attached hydrogens (tertiary/aromatic N) is 1. The number of benzene rings is 1. The lowest BCUT2D eigenvalue weighted by atomic mass is 10.2. The molecule has 0 aromatic heterocycles. The quantitative estimate of drug-likeness (QED) is 0.560. The zero-order valence-corrected chi connectivity index (χ0v) is 12.8. The lowest BCUT2D eigenvalue weighted by Crippen LogP contribution is -2.30. The number of rotatable bonds is 9. The highest BCUT2D eigenvalue weighted by molar-refractivity contribution is 5.94. The van der Waals surface area contributed by atoms with Crippen LogP contribution in [0.4, 0.5) is 13.2 Å². The topological polar surface area (TPSA) is 41.6 Å². The highest BCUT2D eigenvalue weighted by Crippen LogP contribution is 2.14. The highest BCUT2D eigenvalue weighted by Gasteiger charge is 2.18. The summed E-state index contributed by atoms with van der Waals surface area (Å²) in [6.07, 6.45) is 0. The van der Waals surface area contributed by atoms with Crippen molar-refractivity contribution in [3.05, 3.63) is 35.1 Å². The van der Waals surface area contributed by atoms with Crippen molar-refractivity contribution in [2.24, 2.45) is 0 Å². The number of ether oxygens (including phenoxy) is 1. The van der Waals surface area contributed by atoms with Gasteiger partial charge in [0, 0.05) is 13.1 Å². The largest absolute Gasteiger partial charge is 0.378 e. The van der Waals surface area contributed by atoms with Gasteiger partial charge in [-0.05, 0) is 25.2 Å².